The van der Waals surface area contributed by atoms with Crippen molar-refractivity contribution in [3.8, 4) is 0 Å². The van der Waals surface area contributed by atoms with Crippen LogP contribution in [-0.4, -0.2) is 61.5 Å². The lowest BCUT2D eigenvalue weighted by molar-refractivity contribution is -0.133. The quantitative estimate of drug-likeness (QED) is 0.833. The number of amides is 1. The molecule has 0 atom stereocenters. The van der Waals surface area contributed by atoms with E-state index < -0.39 is 0 Å². The Kier molecular flexibility index (Phi) is 6.30. The summed E-state index contributed by atoms with van der Waals surface area (Å²) in [6, 6.07) is 0.620. The third-order valence-corrected chi connectivity index (χ3v) is 4.99. The van der Waals surface area contributed by atoms with Gasteiger partial charge in [0, 0.05) is 32.2 Å². The number of carbonyl (C=O) groups is 1. The number of hydrogen-bond donors (Lipinski definition) is 1. The second kappa shape index (κ2) is 7.99. The van der Waals surface area contributed by atoms with E-state index in [2.05, 4.69) is 24.2 Å². The fourth-order valence-electron chi connectivity index (χ4n) is 3.64. The molecule has 1 saturated heterocycles. The van der Waals surface area contributed by atoms with Crippen LogP contribution in [0.15, 0.2) is 0 Å². The molecule has 1 saturated carbocycles. The van der Waals surface area contributed by atoms with Gasteiger partial charge in [0.15, 0.2) is 0 Å². The molecule has 1 aliphatic carbocycles. The van der Waals surface area contributed by atoms with Gasteiger partial charge in [0.2, 0.25) is 5.91 Å². The Morgan fingerprint density at radius 2 is 1.85 bits per heavy atom. The van der Waals surface area contributed by atoms with Crippen molar-refractivity contribution in [2.75, 3.05) is 39.8 Å². The molecule has 4 heteroatoms. The first-order chi connectivity index (χ1) is 9.70. The van der Waals surface area contributed by atoms with Crippen LogP contribution < -0.4 is 5.32 Å². The zero-order valence-electron chi connectivity index (χ0n) is 13.2. The second-order valence-electron chi connectivity index (χ2n) is 6.51. The van der Waals surface area contributed by atoms with Crippen LogP contribution in [0.5, 0.6) is 0 Å². The maximum atomic E-state index is 12.3. The van der Waals surface area contributed by atoms with Gasteiger partial charge in [-0.25, -0.2) is 0 Å². The number of rotatable bonds is 5. The maximum Gasteiger partial charge on any atom is 0.236 e. The Hall–Kier alpha value is -0.610. The van der Waals surface area contributed by atoms with Gasteiger partial charge in [-0.2, -0.15) is 0 Å². The molecule has 0 unspecified atom stereocenters. The molecule has 0 aromatic heterocycles. The van der Waals surface area contributed by atoms with Crippen LogP contribution in [0.4, 0.5) is 0 Å². The fraction of sp³-hybridized carbons (Fsp3) is 0.938. The Balaban J connectivity index is 1.71. The lowest BCUT2D eigenvalue weighted by atomic mass is 9.83. The second-order valence-corrected chi connectivity index (χ2v) is 6.51. The normalized spacial score (nSPS) is 27.9. The first-order valence-electron chi connectivity index (χ1n) is 8.39. The van der Waals surface area contributed by atoms with Crippen LogP contribution in [0, 0.1) is 5.92 Å². The van der Waals surface area contributed by atoms with Crippen LogP contribution in [0.2, 0.25) is 0 Å². The van der Waals surface area contributed by atoms with Gasteiger partial charge in [-0.05, 0) is 38.6 Å². The highest BCUT2D eigenvalue weighted by Crippen LogP contribution is 2.29. The lowest BCUT2D eigenvalue weighted by Gasteiger charge is -2.36. The summed E-state index contributed by atoms with van der Waals surface area (Å²) in [4.78, 5) is 16.6. The van der Waals surface area contributed by atoms with Crippen LogP contribution >= 0.6 is 0 Å². The van der Waals surface area contributed by atoms with Crippen LogP contribution in [-0.2, 0) is 4.79 Å². The number of nitrogens with one attached hydrogen (secondary N) is 1. The van der Waals surface area contributed by atoms with Crippen molar-refractivity contribution in [2.24, 2.45) is 5.92 Å². The lowest BCUT2D eigenvalue weighted by Crippen LogP contribution is -2.50. The SMILES string of the molecule is CCCC1CCC(N(C)CC(=O)N2CCNCC2)CC1. The number of carbonyl (C=O) groups excluding carboxylic acids is 1. The molecule has 2 aliphatic rings. The van der Waals surface area contributed by atoms with Crippen LogP contribution in [0.25, 0.3) is 0 Å². The highest BCUT2D eigenvalue weighted by atomic mass is 16.2. The summed E-state index contributed by atoms with van der Waals surface area (Å²) in [6.07, 6.45) is 7.95. The standard InChI is InChI=1S/C16H31N3O/c1-3-4-14-5-7-15(8-6-14)18(2)13-16(20)19-11-9-17-10-12-19/h14-15,17H,3-13H2,1-2H3. The van der Waals surface area contributed by atoms with E-state index in [1.165, 1.54) is 38.5 Å². The largest absolute Gasteiger partial charge is 0.339 e. The predicted molar refractivity (Wildman–Crippen MR) is 82.7 cm³/mol. The van der Waals surface area contributed by atoms with E-state index in [0.717, 1.165) is 32.1 Å². The molecule has 0 spiro atoms. The zero-order valence-corrected chi connectivity index (χ0v) is 13.2. The van der Waals surface area contributed by atoms with Gasteiger partial charge in [-0.3, -0.25) is 9.69 Å². The summed E-state index contributed by atoms with van der Waals surface area (Å²) in [7, 11) is 2.13. The number of hydrogen-bond acceptors (Lipinski definition) is 3. The van der Waals surface area contributed by atoms with Crippen molar-refractivity contribution in [2.45, 2.75) is 51.5 Å². The molecule has 0 aromatic rings. The van der Waals surface area contributed by atoms with Gasteiger partial charge in [0.05, 0.1) is 6.54 Å². The summed E-state index contributed by atoms with van der Waals surface area (Å²) in [5.74, 6) is 1.25. The van der Waals surface area contributed by atoms with E-state index in [1.54, 1.807) is 0 Å². The average Bonchev–Trinajstić information content (AvgIpc) is 2.49. The third kappa shape index (κ3) is 4.45. The number of likely N-dealkylation sites (N-methyl/N-ethyl adjacent to an activating group) is 1. The van der Waals surface area contributed by atoms with Crippen molar-refractivity contribution in [1.29, 1.82) is 0 Å². The van der Waals surface area contributed by atoms with E-state index in [-0.39, 0.29) is 0 Å². The maximum absolute atomic E-state index is 12.3. The van der Waals surface area contributed by atoms with Gasteiger partial charge in [-0.1, -0.05) is 19.8 Å². The summed E-state index contributed by atoms with van der Waals surface area (Å²) in [6.45, 7) is 6.51. The first-order valence-corrected chi connectivity index (χ1v) is 8.39. The van der Waals surface area contributed by atoms with Crippen molar-refractivity contribution >= 4 is 5.91 Å². The molecule has 2 rings (SSSR count). The third-order valence-electron chi connectivity index (χ3n) is 4.99. The van der Waals surface area contributed by atoms with Crippen LogP contribution in [0.3, 0.4) is 0 Å². The highest BCUT2D eigenvalue weighted by Gasteiger charge is 2.26. The van der Waals surface area contributed by atoms with E-state index in [9.17, 15) is 4.79 Å². The van der Waals surface area contributed by atoms with E-state index in [1.807, 2.05) is 4.90 Å². The minimum atomic E-state index is 0.310. The Morgan fingerprint density at radius 1 is 1.20 bits per heavy atom. The van der Waals surface area contributed by atoms with Crippen molar-refractivity contribution < 1.29 is 4.79 Å². The molecule has 0 bridgehead atoms. The Bertz CT molecular complexity index is 294. The van der Waals surface area contributed by atoms with Crippen molar-refractivity contribution in [3.63, 3.8) is 0 Å². The summed E-state index contributed by atoms with van der Waals surface area (Å²) in [5, 5.41) is 3.30. The molecular weight excluding hydrogens is 250 g/mol. The van der Waals surface area contributed by atoms with Gasteiger partial charge >= 0.3 is 0 Å². The minimum absolute atomic E-state index is 0.310. The topological polar surface area (TPSA) is 35.6 Å². The van der Waals surface area contributed by atoms with Gasteiger partial charge in [0.25, 0.3) is 0 Å². The van der Waals surface area contributed by atoms with Gasteiger partial charge < -0.3 is 10.2 Å². The predicted octanol–water partition coefficient (Wildman–Crippen LogP) is 1.71. The first kappa shape index (κ1) is 15.8. The Labute approximate surface area is 123 Å². The molecule has 1 aliphatic heterocycles. The number of nitrogens with zero attached hydrogens (tertiary/aromatic N) is 2. The zero-order chi connectivity index (χ0) is 14.4. The highest BCUT2D eigenvalue weighted by molar-refractivity contribution is 5.78. The van der Waals surface area contributed by atoms with E-state index in [4.69, 9.17) is 0 Å². The molecule has 1 heterocycles. The molecule has 4 nitrogen and oxygen atoms in total. The molecule has 20 heavy (non-hydrogen) atoms. The Morgan fingerprint density at radius 3 is 2.45 bits per heavy atom. The van der Waals surface area contributed by atoms with Gasteiger partial charge in [0.1, 0.15) is 0 Å². The molecule has 1 amide bonds. The smallest absolute Gasteiger partial charge is 0.236 e. The van der Waals surface area contributed by atoms with Crippen molar-refractivity contribution in [1.82, 2.24) is 15.1 Å². The summed E-state index contributed by atoms with van der Waals surface area (Å²) in [5.41, 5.74) is 0. The molecule has 0 aromatic carbocycles. The van der Waals surface area contributed by atoms with Crippen LogP contribution in [0.1, 0.15) is 45.4 Å². The molecule has 2 fully saturated rings. The molecule has 116 valence electrons. The monoisotopic (exact) mass is 281 g/mol. The fourth-order valence-corrected chi connectivity index (χ4v) is 3.64. The van der Waals surface area contributed by atoms with Crippen molar-refractivity contribution in [3.05, 3.63) is 0 Å². The number of piperazine rings is 1. The average molecular weight is 281 g/mol. The van der Waals surface area contributed by atoms with E-state index >= 15 is 0 Å². The summed E-state index contributed by atoms with van der Waals surface area (Å²) < 4.78 is 0. The molecule has 0 radical (unpaired) electrons. The summed E-state index contributed by atoms with van der Waals surface area (Å²) >= 11 is 0. The molecule has 1 N–H and O–H groups in total. The minimum Gasteiger partial charge on any atom is -0.339 e. The van der Waals surface area contributed by atoms with Gasteiger partial charge in [-0.15, -0.1) is 0 Å². The van der Waals surface area contributed by atoms with E-state index in [0.29, 0.717) is 18.5 Å². The molecular formula is C16H31N3O.